The van der Waals surface area contributed by atoms with Crippen LogP contribution in [0.15, 0.2) is 53.8 Å². The van der Waals surface area contributed by atoms with Crippen molar-refractivity contribution in [1.29, 1.82) is 5.26 Å². The Kier molecular flexibility index (Phi) is 8.48. The molecular weight excluding hydrogens is 537 g/mol. The second-order valence-electron chi connectivity index (χ2n) is 9.44. The third-order valence-electron chi connectivity index (χ3n) is 6.26. The molecular formula is C28H29Cl2N7O2. The Hall–Kier alpha value is -4.00. The van der Waals surface area contributed by atoms with E-state index in [1.54, 1.807) is 56.0 Å². The van der Waals surface area contributed by atoms with Gasteiger partial charge in [0, 0.05) is 64.3 Å². The van der Waals surface area contributed by atoms with Crippen LogP contribution >= 0.6 is 23.2 Å². The largest absolute Gasteiger partial charge is 0.372 e. The lowest BCUT2D eigenvalue weighted by molar-refractivity contribution is 0.219. The monoisotopic (exact) mass is 565 g/mol. The Morgan fingerprint density at radius 3 is 1.90 bits per heavy atom. The summed E-state index contributed by atoms with van der Waals surface area (Å²) in [4.78, 5) is 31.8. The Morgan fingerprint density at radius 2 is 1.44 bits per heavy atom. The average molecular weight is 566 g/mol. The molecule has 2 amide bonds. The van der Waals surface area contributed by atoms with E-state index < -0.39 is 0 Å². The minimum Gasteiger partial charge on any atom is -0.372 e. The summed E-state index contributed by atoms with van der Waals surface area (Å²) in [6.07, 6.45) is 4.44. The lowest BCUT2D eigenvalue weighted by atomic mass is 10.1. The van der Waals surface area contributed by atoms with E-state index in [1.165, 1.54) is 9.47 Å². The van der Waals surface area contributed by atoms with Crippen molar-refractivity contribution in [3.8, 4) is 6.07 Å². The molecule has 2 aromatic heterocycles. The quantitative estimate of drug-likeness (QED) is 0.366. The smallest absolute Gasteiger partial charge is 0.328 e. The number of aromatic nitrogens is 2. The molecule has 9 nitrogen and oxygen atoms in total. The zero-order chi connectivity index (χ0) is 28.3. The molecule has 0 spiro atoms. The number of hydrogen-bond acceptors (Lipinski definition) is 5. The number of benzene rings is 2. The van der Waals surface area contributed by atoms with Crippen LogP contribution in [0.25, 0.3) is 21.8 Å². The first-order valence-electron chi connectivity index (χ1n) is 12.3. The number of fused-ring (bicyclic) bond motifs is 2. The fourth-order valence-corrected chi connectivity index (χ4v) is 5.07. The van der Waals surface area contributed by atoms with Crippen LogP contribution in [0, 0.1) is 11.3 Å². The molecule has 4 aromatic rings. The lowest BCUT2D eigenvalue weighted by Gasteiger charge is -2.11. The van der Waals surface area contributed by atoms with Gasteiger partial charge < -0.3 is 15.1 Å². The summed E-state index contributed by atoms with van der Waals surface area (Å²) in [6.45, 7) is 1.68. The van der Waals surface area contributed by atoms with Crippen LogP contribution in [0.1, 0.15) is 11.1 Å². The van der Waals surface area contributed by atoms with Crippen LogP contribution in [-0.2, 0) is 12.8 Å². The van der Waals surface area contributed by atoms with Gasteiger partial charge in [-0.1, -0.05) is 35.3 Å². The van der Waals surface area contributed by atoms with Crippen molar-refractivity contribution >= 4 is 62.9 Å². The number of nitrogens with zero attached hydrogens (tertiary/aromatic N) is 6. The number of carbonyl (C=O) groups is 2. The number of carbonyl (C=O) groups excluding carboxylic acids is 2. The first kappa shape index (κ1) is 28.0. The van der Waals surface area contributed by atoms with E-state index >= 15 is 0 Å². The number of amides is 2. The molecule has 0 saturated carbocycles. The van der Waals surface area contributed by atoms with Gasteiger partial charge in [-0.2, -0.15) is 5.26 Å². The van der Waals surface area contributed by atoms with Crippen molar-refractivity contribution in [2.45, 2.75) is 12.8 Å². The van der Waals surface area contributed by atoms with Gasteiger partial charge in [0.2, 0.25) is 0 Å². The van der Waals surface area contributed by atoms with Crippen molar-refractivity contribution in [1.82, 2.24) is 24.3 Å². The zero-order valence-corrected chi connectivity index (χ0v) is 23.7. The van der Waals surface area contributed by atoms with Crippen LogP contribution in [-0.4, -0.2) is 78.1 Å². The van der Waals surface area contributed by atoms with Gasteiger partial charge in [0.05, 0.1) is 40.1 Å². The van der Waals surface area contributed by atoms with Gasteiger partial charge >= 0.3 is 12.1 Å². The van der Waals surface area contributed by atoms with E-state index in [0.29, 0.717) is 16.5 Å². The van der Waals surface area contributed by atoms with Crippen LogP contribution < -0.4 is 5.32 Å². The van der Waals surface area contributed by atoms with Gasteiger partial charge in [-0.15, -0.1) is 0 Å². The van der Waals surface area contributed by atoms with E-state index in [9.17, 15) is 9.59 Å². The molecule has 0 fully saturated rings. The number of amidine groups is 1. The van der Waals surface area contributed by atoms with Crippen LogP contribution in [0.2, 0.25) is 10.0 Å². The summed E-state index contributed by atoms with van der Waals surface area (Å²) in [6, 6.07) is 12.8. The number of nitriles is 1. The van der Waals surface area contributed by atoms with Crippen molar-refractivity contribution < 1.29 is 9.59 Å². The van der Waals surface area contributed by atoms with Crippen LogP contribution in [0.3, 0.4) is 0 Å². The molecule has 1 aliphatic rings. The number of hydrogen-bond donors (Lipinski definition) is 1. The van der Waals surface area contributed by atoms with E-state index in [1.807, 2.05) is 30.5 Å². The van der Waals surface area contributed by atoms with Crippen LogP contribution in [0.5, 0.6) is 0 Å². The molecule has 5 rings (SSSR count). The summed E-state index contributed by atoms with van der Waals surface area (Å²) in [7, 11) is 6.84. The molecule has 0 bridgehead atoms. The first-order chi connectivity index (χ1) is 18.6. The Balaban J connectivity index is 0.000000183. The minimum absolute atomic E-state index is 0.0881. The second kappa shape index (κ2) is 11.8. The second-order valence-corrected chi connectivity index (χ2v) is 10.3. The molecule has 202 valence electrons. The molecule has 1 N–H and O–H groups in total. The highest BCUT2D eigenvalue weighted by Crippen LogP contribution is 2.30. The summed E-state index contributed by atoms with van der Waals surface area (Å²) >= 11 is 12.5. The van der Waals surface area contributed by atoms with Gasteiger partial charge in [0.15, 0.2) is 0 Å². The predicted octanol–water partition coefficient (Wildman–Crippen LogP) is 5.26. The molecule has 0 aliphatic carbocycles. The van der Waals surface area contributed by atoms with Crippen LogP contribution in [0.4, 0.5) is 9.59 Å². The van der Waals surface area contributed by atoms with Gasteiger partial charge in [-0.05, 0) is 35.4 Å². The highest BCUT2D eigenvalue weighted by molar-refractivity contribution is 6.36. The Morgan fingerprint density at radius 1 is 0.923 bits per heavy atom. The molecule has 0 unspecified atom stereocenters. The molecule has 3 heterocycles. The van der Waals surface area contributed by atoms with E-state index in [-0.39, 0.29) is 18.5 Å². The van der Waals surface area contributed by atoms with Crippen molar-refractivity contribution in [3.63, 3.8) is 0 Å². The Labute approximate surface area is 236 Å². The van der Waals surface area contributed by atoms with Gasteiger partial charge in [-0.25, -0.2) is 9.59 Å². The molecule has 0 saturated heterocycles. The highest BCUT2D eigenvalue weighted by atomic mass is 35.5. The molecule has 11 heteroatoms. The van der Waals surface area contributed by atoms with Gasteiger partial charge in [0.1, 0.15) is 5.84 Å². The first-order valence-corrected chi connectivity index (χ1v) is 13.0. The lowest BCUT2D eigenvalue weighted by Crippen LogP contribution is -2.26. The molecule has 2 aromatic carbocycles. The van der Waals surface area contributed by atoms with Gasteiger partial charge in [0.25, 0.3) is 0 Å². The molecule has 0 atom stereocenters. The van der Waals surface area contributed by atoms with E-state index in [2.05, 4.69) is 16.4 Å². The maximum absolute atomic E-state index is 12.3. The van der Waals surface area contributed by atoms with Crippen molar-refractivity contribution in [2.24, 2.45) is 4.99 Å². The third kappa shape index (κ3) is 5.72. The van der Waals surface area contributed by atoms with E-state index in [4.69, 9.17) is 28.5 Å². The number of halogens is 2. The summed E-state index contributed by atoms with van der Waals surface area (Å²) in [5.41, 5.74) is 3.34. The number of aliphatic imine (C=N–C) groups is 1. The van der Waals surface area contributed by atoms with Crippen molar-refractivity contribution in [3.05, 3.63) is 70.0 Å². The summed E-state index contributed by atoms with van der Waals surface area (Å²) in [5.74, 6) is 0.950. The predicted molar refractivity (Wildman–Crippen MR) is 156 cm³/mol. The fourth-order valence-electron chi connectivity index (χ4n) is 4.49. The highest BCUT2D eigenvalue weighted by Gasteiger charge is 2.19. The van der Waals surface area contributed by atoms with Crippen molar-refractivity contribution in [2.75, 3.05) is 41.3 Å². The normalized spacial score (nSPS) is 12.4. The zero-order valence-electron chi connectivity index (χ0n) is 22.2. The summed E-state index contributed by atoms with van der Waals surface area (Å²) in [5, 5.41) is 15.0. The summed E-state index contributed by atoms with van der Waals surface area (Å²) < 4.78 is 3.17. The Bertz CT molecular complexity index is 1630. The SMILES string of the molecule is CN(C)C(=O)n1cc(CC#N)c2c(Cl)cccc21.CN(C)C(=O)n1cc(CC2=NCCN2)c2c(Cl)cccc21. The number of nitrogens with one attached hydrogen (secondary N) is 1. The molecule has 0 radical (unpaired) electrons. The third-order valence-corrected chi connectivity index (χ3v) is 6.89. The maximum atomic E-state index is 12.3. The van der Waals surface area contributed by atoms with Gasteiger partial charge in [-0.3, -0.25) is 14.1 Å². The maximum Gasteiger partial charge on any atom is 0.328 e. The molecule has 1 aliphatic heterocycles. The fraction of sp³-hybridized carbons (Fsp3) is 0.286. The minimum atomic E-state index is -0.161. The van der Waals surface area contributed by atoms with E-state index in [0.717, 1.165) is 51.9 Å². The average Bonchev–Trinajstić information content (AvgIpc) is 3.63. The topological polar surface area (TPSA) is 98.7 Å². The number of rotatable bonds is 3. The standard InChI is InChI=1S/C15H17ClN4O.C13H12ClN3O/c1-19(2)15(21)20-9-10(8-13-17-6-7-18-13)14-11(16)4-3-5-12(14)20;1-16(2)13(18)17-8-9(6-7-15)12-10(14)4-3-5-11(12)17/h3-5,9H,6-8H2,1-2H3,(H,17,18);3-5,8H,6H2,1-2H3. The molecule has 39 heavy (non-hydrogen) atoms.